The number of hydrogen-bond donors (Lipinski definition) is 4. The van der Waals surface area contributed by atoms with E-state index in [1.165, 1.54) is 21.0 Å². The molecular formula is C21H24Cl2N6O5S. The number of methoxy groups -OCH3 is 1. The van der Waals surface area contributed by atoms with Crippen molar-refractivity contribution in [3.63, 3.8) is 0 Å². The summed E-state index contributed by atoms with van der Waals surface area (Å²) in [6.07, 6.45) is 0.00488. The first-order chi connectivity index (χ1) is 16.4. The van der Waals surface area contributed by atoms with Crippen LogP contribution in [0.2, 0.25) is 10.0 Å². The summed E-state index contributed by atoms with van der Waals surface area (Å²) in [6, 6.07) is 1.57. The van der Waals surface area contributed by atoms with Gasteiger partial charge in [-0.05, 0) is 27.2 Å². The average Bonchev–Trinajstić information content (AvgIpc) is 3.37. The van der Waals surface area contributed by atoms with E-state index >= 15 is 0 Å². The second-order valence-corrected chi connectivity index (χ2v) is 10.2. The second kappa shape index (κ2) is 10.4. The molecule has 35 heavy (non-hydrogen) atoms. The Hall–Kier alpha value is -2.85. The van der Waals surface area contributed by atoms with E-state index in [1.54, 1.807) is 11.8 Å². The number of aryl methyl sites for hydroxylation is 1. The quantitative estimate of drug-likeness (QED) is 0.415. The molecule has 11 nitrogen and oxygen atoms in total. The molecular weight excluding hydrogens is 519 g/mol. The summed E-state index contributed by atoms with van der Waals surface area (Å²) in [5.41, 5.74) is -0.720. The largest absolute Gasteiger partial charge is 0.477 e. The van der Waals surface area contributed by atoms with Crippen molar-refractivity contribution in [3.8, 4) is 6.07 Å². The molecule has 1 aliphatic heterocycles. The third kappa shape index (κ3) is 5.70. The molecule has 2 amide bonds. The van der Waals surface area contributed by atoms with Crippen LogP contribution in [0.5, 0.6) is 0 Å². The molecule has 3 heterocycles. The van der Waals surface area contributed by atoms with Gasteiger partial charge in [-0.15, -0.1) is 0 Å². The first-order valence-electron chi connectivity index (χ1n) is 10.5. The van der Waals surface area contributed by atoms with Crippen molar-refractivity contribution in [2.75, 3.05) is 25.1 Å². The number of carbonyl (C=O) groups is 3. The fourth-order valence-electron chi connectivity index (χ4n) is 3.58. The van der Waals surface area contributed by atoms with Crippen LogP contribution in [0.4, 0.5) is 5.13 Å². The molecule has 3 rings (SSSR count). The van der Waals surface area contributed by atoms with Crippen LogP contribution in [0.15, 0.2) is 0 Å². The maximum absolute atomic E-state index is 12.8. The van der Waals surface area contributed by atoms with Crippen molar-refractivity contribution >= 4 is 57.5 Å². The van der Waals surface area contributed by atoms with E-state index in [1.807, 2.05) is 6.07 Å². The zero-order valence-corrected chi connectivity index (χ0v) is 21.7. The standard InChI is InChI=1S/C21H24Cl2N6O5S/c1-9-12(22)13(23)14(25-9)17(30)26-10-5-6-29(7-11(10)34-4)20-27-15(16(35-20)19(32)33)18(31)28-21(2,3)8-24/h10-11,25H,5-7H2,1-4H3,(H,26,30)(H,28,31)(H,32,33)/t10-,11+/m1/s1. The van der Waals surface area contributed by atoms with E-state index in [0.717, 1.165) is 11.3 Å². The van der Waals surface area contributed by atoms with Gasteiger partial charge < -0.3 is 30.4 Å². The number of nitrogens with zero attached hydrogens (tertiary/aromatic N) is 3. The van der Waals surface area contributed by atoms with Gasteiger partial charge in [-0.3, -0.25) is 9.59 Å². The summed E-state index contributed by atoms with van der Waals surface area (Å²) < 4.78 is 5.58. The number of carbonyl (C=O) groups excluding carboxylic acids is 2. The van der Waals surface area contributed by atoms with Crippen LogP contribution in [-0.2, 0) is 4.74 Å². The van der Waals surface area contributed by atoms with Gasteiger partial charge in [-0.25, -0.2) is 9.78 Å². The van der Waals surface area contributed by atoms with Crippen LogP contribution in [0.25, 0.3) is 0 Å². The first kappa shape index (κ1) is 26.7. The van der Waals surface area contributed by atoms with Crippen molar-refractivity contribution in [2.24, 2.45) is 0 Å². The molecule has 2 aromatic heterocycles. The van der Waals surface area contributed by atoms with E-state index in [0.29, 0.717) is 23.8 Å². The smallest absolute Gasteiger partial charge is 0.348 e. The molecule has 0 radical (unpaired) electrons. The van der Waals surface area contributed by atoms with E-state index in [-0.39, 0.29) is 38.9 Å². The number of nitrogens with one attached hydrogen (secondary N) is 3. The minimum absolute atomic E-state index is 0.141. The molecule has 0 bridgehead atoms. The van der Waals surface area contributed by atoms with Crippen molar-refractivity contribution in [2.45, 2.75) is 44.9 Å². The maximum Gasteiger partial charge on any atom is 0.348 e. The second-order valence-electron chi connectivity index (χ2n) is 8.51. The summed E-state index contributed by atoms with van der Waals surface area (Å²) in [5, 5.41) is 24.9. The maximum atomic E-state index is 12.8. The molecule has 0 aromatic carbocycles. The Morgan fingerprint density at radius 1 is 1.31 bits per heavy atom. The van der Waals surface area contributed by atoms with Crippen LogP contribution in [0.1, 0.15) is 56.6 Å². The number of aromatic amines is 1. The number of ether oxygens (including phenoxy) is 1. The molecule has 1 saturated heterocycles. The Balaban J connectivity index is 1.77. The fourth-order valence-corrected chi connectivity index (χ4v) is 4.93. The number of carboxylic acid groups (broad SMARTS) is 1. The number of carboxylic acids is 1. The third-order valence-corrected chi connectivity index (χ3v) is 7.51. The number of thiazole rings is 1. The molecule has 1 fully saturated rings. The van der Waals surface area contributed by atoms with Gasteiger partial charge in [-0.2, -0.15) is 5.26 Å². The highest BCUT2D eigenvalue weighted by Crippen LogP contribution is 2.31. The molecule has 2 atom stereocenters. The van der Waals surface area contributed by atoms with Gasteiger partial charge in [0.15, 0.2) is 10.8 Å². The minimum atomic E-state index is -1.30. The number of aromatic nitrogens is 2. The highest BCUT2D eigenvalue weighted by molar-refractivity contribution is 7.17. The van der Waals surface area contributed by atoms with Crippen LogP contribution < -0.4 is 15.5 Å². The Morgan fingerprint density at radius 2 is 2.00 bits per heavy atom. The fraction of sp³-hybridized carbons (Fsp3) is 0.476. The van der Waals surface area contributed by atoms with Gasteiger partial charge in [0.2, 0.25) is 0 Å². The van der Waals surface area contributed by atoms with Gasteiger partial charge in [0.1, 0.15) is 16.1 Å². The summed E-state index contributed by atoms with van der Waals surface area (Å²) in [7, 11) is 1.50. The summed E-state index contributed by atoms with van der Waals surface area (Å²) in [4.78, 5) is 45.8. The SMILES string of the molecule is CO[C@H]1CN(c2nc(C(=O)NC(C)(C)C#N)c(C(=O)O)s2)CC[C@H]1NC(=O)c1[nH]c(C)c(Cl)c1Cl. The molecule has 4 N–H and O–H groups in total. The predicted octanol–water partition coefficient (Wildman–Crippen LogP) is 2.84. The van der Waals surface area contributed by atoms with E-state index in [9.17, 15) is 19.5 Å². The van der Waals surface area contributed by atoms with E-state index in [2.05, 4.69) is 20.6 Å². The molecule has 0 saturated carbocycles. The molecule has 1 aliphatic rings. The number of anilines is 1. The molecule has 2 aromatic rings. The highest BCUT2D eigenvalue weighted by atomic mass is 35.5. The number of halogens is 2. The number of H-pyrrole nitrogens is 1. The lowest BCUT2D eigenvalue weighted by atomic mass is 10.0. The number of piperidine rings is 1. The monoisotopic (exact) mass is 542 g/mol. The Kier molecular flexibility index (Phi) is 7.96. The lowest BCUT2D eigenvalue weighted by molar-refractivity contribution is 0.0540. The number of hydrogen-bond acceptors (Lipinski definition) is 8. The Morgan fingerprint density at radius 3 is 2.54 bits per heavy atom. The number of aromatic carboxylic acids is 1. The number of rotatable bonds is 7. The molecule has 0 unspecified atom stereocenters. The van der Waals surface area contributed by atoms with Gasteiger partial charge in [0.05, 0.1) is 28.3 Å². The number of nitriles is 1. The summed E-state index contributed by atoms with van der Waals surface area (Å²) >= 11 is 13.1. The van der Waals surface area contributed by atoms with Crippen LogP contribution in [0.3, 0.4) is 0 Å². The first-order valence-corrected chi connectivity index (χ1v) is 12.1. The minimum Gasteiger partial charge on any atom is -0.477 e. The van der Waals surface area contributed by atoms with E-state index in [4.69, 9.17) is 33.2 Å². The van der Waals surface area contributed by atoms with Crippen LogP contribution in [0, 0.1) is 18.3 Å². The summed E-state index contributed by atoms with van der Waals surface area (Å²) in [6.45, 7) is 5.40. The van der Waals surface area contributed by atoms with Gasteiger partial charge in [-0.1, -0.05) is 34.5 Å². The van der Waals surface area contributed by atoms with Crippen molar-refractivity contribution < 1.29 is 24.2 Å². The van der Waals surface area contributed by atoms with Crippen LogP contribution in [-0.4, -0.2) is 70.7 Å². The Bertz CT molecular complexity index is 1200. The van der Waals surface area contributed by atoms with Gasteiger partial charge in [0.25, 0.3) is 11.8 Å². The topological polar surface area (TPSA) is 160 Å². The lowest BCUT2D eigenvalue weighted by Gasteiger charge is -2.37. The van der Waals surface area contributed by atoms with Crippen molar-refractivity contribution in [1.82, 2.24) is 20.6 Å². The van der Waals surface area contributed by atoms with Crippen molar-refractivity contribution in [3.05, 3.63) is 32.0 Å². The highest BCUT2D eigenvalue weighted by Gasteiger charge is 2.35. The van der Waals surface area contributed by atoms with Gasteiger partial charge >= 0.3 is 5.97 Å². The van der Waals surface area contributed by atoms with Crippen LogP contribution >= 0.6 is 34.5 Å². The van der Waals surface area contributed by atoms with Gasteiger partial charge in [0, 0.05) is 25.9 Å². The summed E-state index contributed by atoms with van der Waals surface area (Å²) in [5.74, 6) is -2.47. The zero-order valence-electron chi connectivity index (χ0n) is 19.4. The molecule has 14 heteroatoms. The zero-order chi connectivity index (χ0) is 26.1. The van der Waals surface area contributed by atoms with E-state index < -0.39 is 29.4 Å². The number of amides is 2. The molecule has 0 spiro atoms. The molecule has 188 valence electrons. The lowest BCUT2D eigenvalue weighted by Crippen LogP contribution is -2.55. The Labute approximate surface area is 215 Å². The normalized spacial score (nSPS) is 18.1. The average molecular weight is 543 g/mol. The third-order valence-electron chi connectivity index (χ3n) is 5.46. The molecule has 0 aliphatic carbocycles. The predicted molar refractivity (Wildman–Crippen MR) is 131 cm³/mol. The van der Waals surface area contributed by atoms with Crippen molar-refractivity contribution in [1.29, 1.82) is 5.26 Å².